The minimum Gasteiger partial charge on any atom is -0.492 e. The summed E-state index contributed by atoms with van der Waals surface area (Å²) in [7, 11) is 0. The molecule has 0 unspecified atom stereocenters. The summed E-state index contributed by atoms with van der Waals surface area (Å²) in [6.07, 6.45) is 0.779. The van der Waals surface area contributed by atoms with Crippen LogP contribution in [0.4, 0.5) is 11.4 Å². The molecule has 0 aromatic heterocycles. The first kappa shape index (κ1) is 25.7. The lowest BCUT2D eigenvalue weighted by Crippen LogP contribution is -2.28. The topological polar surface area (TPSA) is 129 Å². The van der Waals surface area contributed by atoms with Gasteiger partial charge in [0, 0.05) is 22.5 Å². The van der Waals surface area contributed by atoms with Crippen LogP contribution in [-0.4, -0.2) is 38.1 Å². The molecule has 39 heavy (non-hydrogen) atoms. The van der Waals surface area contributed by atoms with Gasteiger partial charge in [0.2, 0.25) is 0 Å². The number of rotatable bonds is 10. The molecule has 1 aliphatic carbocycles. The number of nitrogen functional groups attached to an aromatic ring is 2. The first-order chi connectivity index (χ1) is 19.0. The molecule has 2 amide bonds. The van der Waals surface area contributed by atoms with Gasteiger partial charge in [0.05, 0.1) is 13.1 Å². The Labute approximate surface area is 226 Å². The summed E-state index contributed by atoms with van der Waals surface area (Å²) in [5.41, 5.74) is 18.4. The van der Waals surface area contributed by atoms with Crippen LogP contribution in [-0.2, 0) is 6.42 Å². The molecule has 0 saturated heterocycles. The van der Waals surface area contributed by atoms with Crippen LogP contribution in [0.2, 0.25) is 0 Å². The number of carbonyl (C=O) groups excluding carboxylic acids is 2. The van der Waals surface area contributed by atoms with E-state index in [1.165, 1.54) is 22.3 Å². The van der Waals surface area contributed by atoms with Crippen molar-refractivity contribution in [2.75, 3.05) is 37.8 Å². The van der Waals surface area contributed by atoms with Crippen LogP contribution in [0.25, 0.3) is 11.1 Å². The zero-order valence-corrected chi connectivity index (χ0v) is 21.4. The monoisotopic (exact) mass is 522 g/mol. The second kappa shape index (κ2) is 11.6. The number of hydrogen-bond acceptors (Lipinski definition) is 6. The Balaban J connectivity index is 1.08. The molecular formula is C31H30N4O4. The van der Waals surface area contributed by atoms with Crippen molar-refractivity contribution in [2.45, 2.75) is 6.42 Å². The van der Waals surface area contributed by atoms with Gasteiger partial charge in [0.15, 0.2) is 0 Å². The fourth-order valence-electron chi connectivity index (χ4n) is 4.48. The SMILES string of the molecule is Nc1ccc(C(=O)NCCOc2ccc3c(c2)Cc2cc(OCCNC(=O)c4ccc(N)cc4)ccc2-3)cc1. The molecule has 198 valence electrons. The summed E-state index contributed by atoms with van der Waals surface area (Å²) in [5.74, 6) is 1.20. The maximum Gasteiger partial charge on any atom is 0.251 e. The fraction of sp³-hybridized carbons (Fsp3) is 0.161. The van der Waals surface area contributed by atoms with Gasteiger partial charge in [-0.15, -0.1) is 0 Å². The molecule has 0 aliphatic heterocycles. The van der Waals surface area contributed by atoms with Crippen molar-refractivity contribution >= 4 is 23.2 Å². The van der Waals surface area contributed by atoms with Gasteiger partial charge in [-0.1, -0.05) is 12.1 Å². The van der Waals surface area contributed by atoms with Crippen LogP contribution in [0.1, 0.15) is 31.8 Å². The van der Waals surface area contributed by atoms with Crippen molar-refractivity contribution in [3.05, 3.63) is 107 Å². The highest BCUT2D eigenvalue weighted by Crippen LogP contribution is 2.39. The van der Waals surface area contributed by atoms with Gasteiger partial charge >= 0.3 is 0 Å². The van der Waals surface area contributed by atoms with Gasteiger partial charge in [0.25, 0.3) is 11.8 Å². The summed E-state index contributed by atoms with van der Waals surface area (Å²) in [4.78, 5) is 24.4. The lowest BCUT2D eigenvalue weighted by atomic mass is 10.1. The Morgan fingerprint density at radius 3 is 1.44 bits per heavy atom. The molecule has 0 fully saturated rings. The Bertz CT molecular complexity index is 1370. The molecule has 8 heteroatoms. The average molecular weight is 523 g/mol. The number of nitrogens with one attached hydrogen (secondary N) is 2. The molecule has 4 aromatic rings. The Morgan fingerprint density at radius 1 is 0.615 bits per heavy atom. The number of nitrogens with two attached hydrogens (primary N) is 2. The Kier molecular flexibility index (Phi) is 7.63. The van der Waals surface area contributed by atoms with E-state index in [9.17, 15) is 9.59 Å². The molecule has 1 aliphatic rings. The summed E-state index contributed by atoms with van der Waals surface area (Å²) in [6.45, 7) is 1.50. The maximum absolute atomic E-state index is 12.2. The molecule has 6 N–H and O–H groups in total. The Hall–Kier alpha value is -4.98. The molecular weight excluding hydrogens is 492 g/mol. The lowest BCUT2D eigenvalue weighted by molar-refractivity contribution is 0.0939. The van der Waals surface area contributed by atoms with Crippen molar-refractivity contribution in [3.8, 4) is 22.6 Å². The van der Waals surface area contributed by atoms with E-state index in [1.807, 2.05) is 24.3 Å². The van der Waals surface area contributed by atoms with E-state index in [0.29, 0.717) is 48.8 Å². The minimum absolute atomic E-state index is 0.162. The van der Waals surface area contributed by atoms with Crippen LogP contribution < -0.4 is 31.6 Å². The third-order valence-electron chi connectivity index (χ3n) is 6.48. The normalized spacial score (nSPS) is 11.3. The quantitative estimate of drug-likeness (QED) is 0.162. The van der Waals surface area contributed by atoms with Crippen LogP contribution >= 0.6 is 0 Å². The largest absolute Gasteiger partial charge is 0.492 e. The molecule has 0 heterocycles. The second-order valence-electron chi connectivity index (χ2n) is 9.27. The number of amides is 2. The summed E-state index contributed by atoms with van der Waals surface area (Å²) < 4.78 is 11.8. The minimum atomic E-state index is -0.162. The highest BCUT2D eigenvalue weighted by Gasteiger charge is 2.19. The molecule has 0 saturated carbocycles. The maximum atomic E-state index is 12.2. The van der Waals surface area contributed by atoms with E-state index < -0.39 is 0 Å². The number of carbonyl (C=O) groups is 2. The highest BCUT2D eigenvalue weighted by molar-refractivity contribution is 5.95. The van der Waals surface area contributed by atoms with Gasteiger partial charge in [0.1, 0.15) is 24.7 Å². The second-order valence-corrected chi connectivity index (χ2v) is 9.27. The van der Waals surface area contributed by atoms with Gasteiger partial charge in [-0.05, 0) is 101 Å². The van der Waals surface area contributed by atoms with Crippen molar-refractivity contribution < 1.29 is 19.1 Å². The highest BCUT2D eigenvalue weighted by atomic mass is 16.5. The van der Waals surface area contributed by atoms with Crippen molar-refractivity contribution in [1.29, 1.82) is 0 Å². The third kappa shape index (κ3) is 6.30. The molecule has 0 radical (unpaired) electrons. The zero-order chi connectivity index (χ0) is 27.2. The van der Waals surface area contributed by atoms with Crippen LogP contribution in [0.15, 0.2) is 84.9 Å². The Morgan fingerprint density at radius 2 is 1.03 bits per heavy atom. The van der Waals surface area contributed by atoms with Crippen LogP contribution in [0.5, 0.6) is 11.5 Å². The van der Waals surface area contributed by atoms with E-state index in [0.717, 1.165) is 17.9 Å². The molecule has 5 rings (SSSR count). The summed E-state index contributed by atoms with van der Waals surface area (Å²) in [6, 6.07) is 25.7. The molecule has 4 aromatic carbocycles. The number of fused-ring (bicyclic) bond motifs is 3. The van der Waals surface area contributed by atoms with Crippen LogP contribution in [0, 0.1) is 0 Å². The predicted octanol–water partition coefficient (Wildman–Crippen LogP) is 4.04. The summed E-state index contributed by atoms with van der Waals surface area (Å²) >= 11 is 0. The standard InChI is InChI=1S/C31H30N4O4/c32-24-5-1-20(2-6-24)30(36)34-13-15-38-26-9-11-28-22(18-26)17-23-19-27(10-12-29(23)28)39-16-14-35-31(37)21-3-7-25(33)8-4-21/h1-12,18-19H,13-17,32-33H2,(H,34,36)(H,35,37). The van der Waals surface area contributed by atoms with Gasteiger partial charge in [-0.3, -0.25) is 9.59 Å². The number of benzene rings is 4. The first-order valence-electron chi connectivity index (χ1n) is 12.8. The smallest absolute Gasteiger partial charge is 0.251 e. The van der Waals surface area contributed by atoms with E-state index in [4.69, 9.17) is 20.9 Å². The van der Waals surface area contributed by atoms with Crippen LogP contribution in [0.3, 0.4) is 0 Å². The number of ether oxygens (including phenoxy) is 2. The van der Waals surface area contributed by atoms with E-state index in [1.54, 1.807) is 48.5 Å². The zero-order valence-electron chi connectivity index (χ0n) is 21.4. The van der Waals surface area contributed by atoms with E-state index >= 15 is 0 Å². The van der Waals surface area contributed by atoms with Gasteiger partial charge in [-0.25, -0.2) is 0 Å². The van der Waals surface area contributed by atoms with Crippen molar-refractivity contribution in [2.24, 2.45) is 0 Å². The predicted molar refractivity (Wildman–Crippen MR) is 152 cm³/mol. The average Bonchev–Trinajstić information content (AvgIpc) is 3.31. The lowest BCUT2D eigenvalue weighted by Gasteiger charge is -2.10. The van der Waals surface area contributed by atoms with E-state index in [2.05, 4.69) is 22.8 Å². The summed E-state index contributed by atoms with van der Waals surface area (Å²) in [5, 5.41) is 5.70. The number of hydrogen-bond donors (Lipinski definition) is 4. The molecule has 0 bridgehead atoms. The molecule has 0 spiro atoms. The molecule has 8 nitrogen and oxygen atoms in total. The van der Waals surface area contributed by atoms with Gasteiger partial charge in [-0.2, -0.15) is 0 Å². The molecule has 0 atom stereocenters. The van der Waals surface area contributed by atoms with Gasteiger partial charge < -0.3 is 31.6 Å². The van der Waals surface area contributed by atoms with Crippen molar-refractivity contribution in [1.82, 2.24) is 10.6 Å². The number of anilines is 2. The van der Waals surface area contributed by atoms with Crippen molar-refractivity contribution in [3.63, 3.8) is 0 Å². The fourth-order valence-corrected chi connectivity index (χ4v) is 4.48. The van der Waals surface area contributed by atoms with E-state index in [-0.39, 0.29) is 11.8 Å². The first-order valence-corrected chi connectivity index (χ1v) is 12.8. The third-order valence-corrected chi connectivity index (χ3v) is 6.48.